The number of aryl methyl sites for hydroxylation is 1. The first kappa shape index (κ1) is 28.1. The van der Waals surface area contributed by atoms with Gasteiger partial charge in [0.15, 0.2) is 17.8 Å². The number of methoxy groups -OCH3 is 1. The zero-order chi connectivity index (χ0) is 27.6. The summed E-state index contributed by atoms with van der Waals surface area (Å²) in [7, 11) is 3.58. The first-order valence-electron chi connectivity index (χ1n) is 14.2. The molecule has 2 atom stereocenters. The molecule has 212 valence electrons. The van der Waals surface area contributed by atoms with Crippen LogP contribution >= 0.6 is 11.8 Å². The number of carbonyl (C=O) groups is 1. The third-order valence-corrected chi connectivity index (χ3v) is 9.05. The van der Waals surface area contributed by atoms with Crippen molar-refractivity contribution < 1.29 is 23.7 Å². The van der Waals surface area contributed by atoms with Crippen LogP contribution in [0, 0.1) is 0 Å². The van der Waals surface area contributed by atoms with Gasteiger partial charge < -0.3 is 28.4 Å². The van der Waals surface area contributed by atoms with E-state index in [1.165, 1.54) is 11.1 Å². The van der Waals surface area contributed by atoms with Crippen LogP contribution in [-0.2, 0) is 22.4 Å². The van der Waals surface area contributed by atoms with Crippen molar-refractivity contribution in [2.24, 2.45) is 0 Å². The van der Waals surface area contributed by atoms with E-state index in [4.69, 9.17) is 18.9 Å². The SMILES string of the molecule is COc1cc2c(cc1OCCCOC1CCCCO1)-c1c(C3CC=CS3)cc(C(=O)N(C)C(C)(C)C)n1CC2. The molecule has 0 bridgehead atoms. The number of amides is 1. The number of aromatic nitrogens is 1. The van der Waals surface area contributed by atoms with Gasteiger partial charge in [0.1, 0.15) is 5.69 Å². The number of thioether (sulfide) groups is 1. The number of nitrogens with zero attached hydrogens (tertiary/aromatic N) is 2. The number of rotatable bonds is 9. The Morgan fingerprint density at radius 1 is 1.18 bits per heavy atom. The number of carbonyl (C=O) groups excluding carboxylic acids is 1. The fraction of sp³-hybridized carbons (Fsp3) is 0.581. The van der Waals surface area contributed by atoms with Crippen LogP contribution in [0.2, 0.25) is 0 Å². The molecule has 1 fully saturated rings. The van der Waals surface area contributed by atoms with Gasteiger partial charge in [-0.2, -0.15) is 0 Å². The van der Waals surface area contributed by atoms with Crippen LogP contribution in [0.3, 0.4) is 0 Å². The Bertz CT molecular complexity index is 1200. The molecule has 39 heavy (non-hydrogen) atoms. The van der Waals surface area contributed by atoms with Crippen molar-refractivity contribution in [3.8, 4) is 22.8 Å². The highest BCUT2D eigenvalue weighted by Crippen LogP contribution is 2.48. The van der Waals surface area contributed by atoms with Crippen LogP contribution in [0.1, 0.15) is 79.7 Å². The predicted octanol–water partition coefficient (Wildman–Crippen LogP) is 6.59. The van der Waals surface area contributed by atoms with E-state index in [1.807, 2.05) is 23.7 Å². The maximum atomic E-state index is 13.7. The molecule has 0 N–H and O–H groups in total. The zero-order valence-electron chi connectivity index (χ0n) is 24.0. The van der Waals surface area contributed by atoms with E-state index in [2.05, 4.69) is 55.0 Å². The predicted molar refractivity (Wildman–Crippen MR) is 156 cm³/mol. The molecule has 3 aliphatic heterocycles. The van der Waals surface area contributed by atoms with E-state index in [9.17, 15) is 4.79 Å². The van der Waals surface area contributed by atoms with Crippen LogP contribution in [0.4, 0.5) is 0 Å². The Hall–Kier alpha value is -2.42. The van der Waals surface area contributed by atoms with Crippen LogP contribution in [-0.4, -0.2) is 61.2 Å². The van der Waals surface area contributed by atoms with E-state index in [-0.39, 0.29) is 17.7 Å². The van der Waals surface area contributed by atoms with Crippen molar-refractivity contribution in [3.63, 3.8) is 0 Å². The van der Waals surface area contributed by atoms with Gasteiger partial charge in [-0.3, -0.25) is 4.79 Å². The lowest BCUT2D eigenvalue weighted by molar-refractivity contribution is -0.163. The van der Waals surface area contributed by atoms with Gasteiger partial charge in [-0.1, -0.05) is 6.08 Å². The highest BCUT2D eigenvalue weighted by molar-refractivity contribution is 8.02. The van der Waals surface area contributed by atoms with E-state index in [1.54, 1.807) is 7.11 Å². The van der Waals surface area contributed by atoms with Gasteiger partial charge in [-0.15, -0.1) is 11.8 Å². The van der Waals surface area contributed by atoms with Crippen LogP contribution in [0.5, 0.6) is 11.5 Å². The normalized spacial score (nSPS) is 20.4. The van der Waals surface area contributed by atoms with E-state index >= 15 is 0 Å². The molecule has 5 rings (SSSR count). The molecule has 8 heteroatoms. The lowest BCUT2D eigenvalue weighted by Crippen LogP contribution is -2.43. The molecule has 2 aromatic rings. The number of hydrogen-bond donors (Lipinski definition) is 0. The lowest BCUT2D eigenvalue weighted by Gasteiger charge is -2.33. The first-order chi connectivity index (χ1) is 18.8. The molecule has 2 unspecified atom stereocenters. The molecule has 0 aliphatic carbocycles. The molecule has 0 radical (unpaired) electrons. The minimum absolute atomic E-state index is 0.0568. The molecule has 1 saturated heterocycles. The molecule has 0 spiro atoms. The molecule has 7 nitrogen and oxygen atoms in total. The molecular weight excluding hydrogens is 512 g/mol. The number of hydrogen-bond acceptors (Lipinski definition) is 6. The van der Waals surface area contributed by atoms with Gasteiger partial charge in [0, 0.05) is 43.0 Å². The second kappa shape index (κ2) is 12.0. The summed E-state index contributed by atoms with van der Waals surface area (Å²) in [5.41, 5.74) is 5.20. The zero-order valence-corrected chi connectivity index (χ0v) is 24.8. The molecule has 1 aromatic carbocycles. The topological polar surface area (TPSA) is 62.2 Å². The highest BCUT2D eigenvalue weighted by atomic mass is 32.2. The van der Waals surface area contributed by atoms with Crippen molar-refractivity contribution in [1.29, 1.82) is 0 Å². The maximum Gasteiger partial charge on any atom is 0.270 e. The monoisotopic (exact) mass is 554 g/mol. The number of ether oxygens (including phenoxy) is 4. The summed E-state index contributed by atoms with van der Waals surface area (Å²) >= 11 is 1.83. The van der Waals surface area contributed by atoms with Gasteiger partial charge in [0.2, 0.25) is 0 Å². The smallest absolute Gasteiger partial charge is 0.270 e. The molecule has 1 amide bonds. The molecule has 3 aliphatic rings. The highest BCUT2D eigenvalue weighted by Gasteiger charge is 2.33. The Labute approximate surface area is 236 Å². The Morgan fingerprint density at radius 2 is 2.03 bits per heavy atom. The Morgan fingerprint density at radius 3 is 2.72 bits per heavy atom. The van der Waals surface area contributed by atoms with Crippen LogP contribution in [0.15, 0.2) is 29.7 Å². The summed E-state index contributed by atoms with van der Waals surface area (Å²) in [6, 6.07) is 6.36. The standard InChI is InChI=1S/C31H42N2O5S/c1-31(2,3)32(4)30(34)24-19-23(27-10-8-17-39-27)29-22-20-26(25(35-5)18-21(22)12-13-33(24)29)36-15-9-16-38-28-11-6-7-14-37-28/h8,17-20,27-28H,6-7,9-16H2,1-5H3. The summed E-state index contributed by atoms with van der Waals surface area (Å²) in [6.45, 7) is 8.88. The van der Waals surface area contributed by atoms with Crippen molar-refractivity contribution in [1.82, 2.24) is 9.47 Å². The molecule has 1 aromatic heterocycles. The molecular formula is C31H42N2O5S. The number of allylic oxidation sites excluding steroid dienone is 1. The van der Waals surface area contributed by atoms with Crippen molar-refractivity contribution >= 4 is 17.7 Å². The van der Waals surface area contributed by atoms with Crippen LogP contribution < -0.4 is 9.47 Å². The van der Waals surface area contributed by atoms with Crippen LogP contribution in [0.25, 0.3) is 11.3 Å². The van der Waals surface area contributed by atoms with Crippen molar-refractivity contribution in [2.45, 2.75) is 82.9 Å². The van der Waals surface area contributed by atoms with Gasteiger partial charge >= 0.3 is 0 Å². The average molecular weight is 555 g/mol. The molecule has 0 saturated carbocycles. The van der Waals surface area contributed by atoms with E-state index in [0.29, 0.717) is 18.5 Å². The molecule has 4 heterocycles. The fourth-order valence-electron chi connectivity index (χ4n) is 5.42. The number of fused-ring (bicyclic) bond motifs is 3. The number of benzene rings is 1. The van der Waals surface area contributed by atoms with Gasteiger partial charge in [0.05, 0.1) is 26.0 Å². The second-order valence-corrected chi connectivity index (χ2v) is 12.6. The van der Waals surface area contributed by atoms with Gasteiger partial charge in [-0.25, -0.2) is 0 Å². The summed E-state index contributed by atoms with van der Waals surface area (Å²) in [5, 5.41) is 2.47. The quantitative estimate of drug-likeness (QED) is 0.326. The lowest BCUT2D eigenvalue weighted by atomic mass is 9.94. The van der Waals surface area contributed by atoms with Gasteiger partial charge in [0.25, 0.3) is 5.91 Å². The summed E-state index contributed by atoms with van der Waals surface area (Å²) in [5.74, 6) is 1.52. The van der Waals surface area contributed by atoms with E-state index in [0.717, 1.165) is 80.1 Å². The van der Waals surface area contributed by atoms with Gasteiger partial charge in [-0.05, 0) is 87.6 Å². The second-order valence-electron chi connectivity index (χ2n) is 11.5. The van der Waals surface area contributed by atoms with E-state index < -0.39 is 0 Å². The minimum atomic E-state index is -0.264. The Kier molecular flexibility index (Phi) is 8.64. The minimum Gasteiger partial charge on any atom is -0.493 e. The van der Waals surface area contributed by atoms with Crippen molar-refractivity contribution in [2.75, 3.05) is 34.0 Å². The third-order valence-electron chi connectivity index (χ3n) is 7.93. The average Bonchev–Trinajstić information content (AvgIpc) is 3.60. The third kappa shape index (κ3) is 6.03. The summed E-state index contributed by atoms with van der Waals surface area (Å²) in [4.78, 5) is 15.6. The maximum absolute atomic E-state index is 13.7. The van der Waals surface area contributed by atoms with Crippen molar-refractivity contribution in [3.05, 3.63) is 46.5 Å². The summed E-state index contributed by atoms with van der Waals surface area (Å²) in [6.07, 6.45) is 7.94. The largest absolute Gasteiger partial charge is 0.493 e. The Balaban J connectivity index is 1.42. The first-order valence-corrected chi connectivity index (χ1v) is 15.1. The fourth-order valence-corrected chi connectivity index (χ4v) is 6.38. The summed E-state index contributed by atoms with van der Waals surface area (Å²) < 4.78 is 25.8.